The maximum absolute atomic E-state index is 13.4. The van der Waals surface area contributed by atoms with Crippen molar-refractivity contribution in [2.24, 2.45) is 5.16 Å². The third-order valence-corrected chi connectivity index (χ3v) is 6.50. The second-order valence-electron chi connectivity index (χ2n) is 8.65. The zero-order chi connectivity index (χ0) is 24.8. The molecule has 1 N–H and O–H groups in total. The number of aryl methyl sites for hydroxylation is 1. The first kappa shape index (κ1) is 25.5. The first-order valence-corrected chi connectivity index (χ1v) is 12.1. The summed E-state index contributed by atoms with van der Waals surface area (Å²) in [5.74, 6) is 0.459. The summed E-state index contributed by atoms with van der Waals surface area (Å²) >= 11 is 12.2. The number of aliphatic hydroxyl groups excluding tert-OH is 1. The summed E-state index contributed by atoms with van der Waals surface area (Å²) in [7, 11) is 0. The van der Waals surface area contributed by atoms with Crippen molar-refractivity contribution in [3.8, 4) is 5.75 Å². The van der Waals surface area contributed by atoms with Crippen LogP contribution in [0.15, 0.2) is 71.9 Å². The summed E-state index contributed by atoms with van der Waals surface area (Å²) in [4.78, 5) is 7.77. The lowest BCUT2D eigenvalue weighted by atomic mass is 10.0. The van der Waals surface area contributed by atoms with Gasteiger partial charge in [-0.25, -0.2) is 4.39 Å². The maximum atomic E-state index is 13.4. The van der Waals surface area contributed by atoms with Crippen LogP contribution in [0.5, 0.6) is 5.75 Å². The van der Waals surface area contributed by atoms with Crippen LogP contribution in [0.4, 0.5) is 4.39 Å². The number of rotatable bonds is 10. The summed E-state index contributed by atoms with van der Waals surface area (Å²) in [5.41, 5.74) is 3.59. The van der Waals surface area contributed by atoms with Crippen molar-refractivity contribution in [3.05, 3.63) is 99.3 Å². The average Bonchev–Trinajstić information content (AvgIpc) is 3.30. The van der Waals surface area contributed by atoms with Crippen LogP contribution in [0.25, 0.3) is 0 Å². The van der Waals surface area contributed by atoms with E-state index >= 15 is 0 Å². The van der Waals surface area contributed by atoms with Gasteiger partial charge >= 0.3 is 0 Å². The van der Waals surface area contributed by atoms with Crippen molar-refractivity contribution in [1.82, 2.24) is 4.90 Å². The van der Waals surface area contributed by atoms with Gasteiger partial charge in [0.1, 0.15) is 30.4 Å². The van der Waals surface area contributed by atoms with Gasteiger partial charge in [0.05, 0.1) is 15.8 Å². The van der Waals surface area contributed by atoms with Gasteiger partial charge < -0.3 is 14.7 Å². The number of hydrogen-bond acceptors (Lipinski definition) is 5. The molecule has 0 fully saturated rings. The van der Waals surface area contributed by atoms with Crippen molar-refractivity contribution in [2.45, 2.75) is 32.1 Å². The molecule has 0 spiro atoms. The van der Waals surface area contributed by atoms with E-state index in [4.69, 9.17) is 32.8 Å². The van der Waals surface area contributed by atoms with Gasteiger partial charge in [-0.1, -0.05) is 64.8 Å². The van der Waals surface area contributed by atoms with Crippen LogP contribution in [-0.4, -0.2) is 47.6 Å². The highest BCUT2D eigenvalue weighted by atomic mass is 35.5. The predicted octanol–water partition coefficient (Wildman–Crippen LogP) is 5.88. The average molecular weight is 517 g/mol. The molecule has 8 heteroatoms. The fourth-order valence-electron chi connectivity index (χ4n) is 3.97. The minimum Gasteiger partial charge on any atom is -0.491 e. The van der Waals surface area contributed by atoms with Gasteiger partial charge in [0.2, 0.25) is 0 Å². The molecule has 5 nitrogen and oxygen atoms in total. The minimum absolute atomic E-state index is 0.154. The Bertz CT molecular complexity index is 1170. The Morgan fingerprint density at radius 3 is 2.63 bits per heavy atom. The number of nitrogens with zero attached hydrogens (tertiary/aromatic N) is 2. The molecule has 4 rings (SSSR count). The molecular weight excluding hydrogens is 490 g/mol. The molecule has 0 saturated carbocycles. The Labute approximate surface area is 214 Å². The normalized spacial score (nSPS) is 16.2. The molecule has 0 radical (unpaired) electrons. The Hall–Kier alpha value is -2.64. The third kappa shape index (κ3) is 7.18. The fraction of sp³-hybridized carbons (Fsp3) is 0.296. The van der Waals surface area contributed by atoms with Gasteiger partial charge in [0.15, 0.2) is 0 Å². The lowest BCUT2D eigenvalue weighted by molar-refractivity contribution is 0.0212. The van der Waals surface area contributed by atoms with Gasteiger partial charge in [-0.3, -0.25) is 4.90 Å². The van der Waals surface area contributed by atoms with Gasteiger partial charge in [0.25, 0.3) is 0 Å². The highest BCUT2D eigenvalue weighted by Gasteiger charge is 2.26. The van der Waals surface area contributed by atoms with E-state index in [1.165, 1.54) is 12.1 Å². The van der Waals surface area contributed by atoms with Crippen molar-refractivity contribution in [1.29, 1.82) is 0 Å². The largest absolute Gasteiger partial charge is 0.491 e. The molecule has 0 amide bonds. The van der Waals surface area contributed by atoms with Crippen LogP contribution >= 0.6 is 23.2 Å². The van der Waals surface area contributed by atoms with Crippen molar-refractivity contribution in [2.75, 3.05) is 19.7 Å². The van der Waals surface area contributed by atoms with Gasteiger partial charge in [-0.05, 0) is 48.4 Å². The van der Waals surface area contributed by atoms with E-state index in [-0.39, 0.29) is 18.5 Å². The van der Waals surface area contributed by atoms with Crippen LogP contribution in [0, 0.1) is 12.7 Å². The fourth-order valence-corrected chi connectivity index (χ4v) is 4.27. The maximum Gasteiger partial charge on any atom is 0.145 e. The van der Waals surface area contributed by atoms with E-state index in [0.717, 1.165) is 28.2 Å². The number of hydrogen-bond donors (Lipinski definition) is 1. The predicted molar refractivity (Wildman–Crippen MR) is 137 cm³/mol. The zero-order valence-corrected chi connectivity index (χ0v) is 20.8. The number of halogens is 3. The van der Waals surface area contributed by atoms with E-state index in [1.54, 1.807) is 24.3 Å². The van der Waals surface area contributed by atoms with Crippen molar-refractivity contribution in [3.63, 3.8) is 0 Å². The summed E-state index contributed by atoms with van der Waals surface area (Å²) in [5, 5.41) is 15.9. The van der Waals surface area contributed by atoms with Gasteiger partial charge in [-0.15, -0.1) is 0 Å². The van der Waals surface area contributed by atoms with E-state index in [9.17, 15) is 9.50 Å². The second kappa shape index (κ2) is 11.9. The van der Waals surface area contributed by atoms with E-state index in [1.807, 2.05) is 37.3 Å². The van der Waals surface area contributed by atoms with Crippen LogP contribution in [-0.2, 0) is 11.4 Å². The Kier molecular flexibility index (Phi) is 8.63. The molecule has 1 aliphatic heterocycles. The van der Waals surface area contributed by atoms with Gasteiger partial charge in [-0.2, -0.15) is 0 Å². The second-order valence-corrected chi connectivity index (χ2v) is 9.46. The number of aliphatic hydroxyl groups is 1. The summed E-state index contributed by atoms with van der Waals surface area (Å²) in [6, 6.07) is 19.4. The van der Waals surface area contributed by atoms with E-state index in [0.29, 0.717) is 36.1 Å². The molecule has 3 aromatic carbocycles. The molecule has 0 saturated heterocycles. The molecule has 0 unspecified atom stereocenters. The lowest BCUT2D eigenvalue weighted by Crippen LogP contribution is -2.39. The van der Waals surface area contributed by atoms with Gasteiger partial charge in [0, 0.05) is 31.6 Å². The van der Waals surface area contributed by atoms with E-state index < -0.39 is 6.10 Å². The highest BCUT2D eigenvalue weighted by molar-refractivity contribution is 6.42. The zero-order valence-electron chi connectivity index (χ0n) is 19.3. The minimum atomic E-state index is -0.730. The molecule has 0 bridgehead atoms. The first-order chi connectivity index (χ1) is 16.9. The van der Waals surface area contributed by atoms with Crippen molar-refractivity contribution < 1.29 is 19.1 Å². The van der Waals surface area contributed by atoms with Crippen molar-refractivity contribution >= 4 is 28.9 Å². The lowest BCUT2D eigenvalue weighted by Gasteiger charge is -2.27. The van der Waals surface area contributed by atoms with Crippen LogP contribution in [0.3, 0.4) is 0 Å². The summed E-state index contributed by atoms with van der Waals surface area (Å²) in [6.07, 6.45) is -0.343. The third-order valence-electron chi connectivity index (χ3n) is 5.76. The molecular formula is C27H27Cl2FN2O3. The first-order valence-electron chi connectivity index (χ1n) is 11.4. The molecule has 3 aromatic rings. The SMILES string of the molecule is Cc1ccccc1OC[C@@H](O)CN(Cc1ccc(F)cc1)C[C@H]1CC(c2ccc(Cl)c(Cl)c2)=NO1. The number of oxime groups is 1. The number of ether oxygens (including phenoxy) is 1. The smallest absolute Gasteiger partial charge is 0.145 e. The molecule has 2 atom stereocenters. The molecule has 0 aromatic heterocycles. The number of benzene rings is 3. The monoisotopic (exact) mass is 516 g/mol. The molecule has 1 aliphatic rings. The topological polar surface area (TPSA) is 54.3 Å². The Morgan fingerprint density at radius 2 is 1.89 bits per heavy atom. The summed E-state index contributed by atoms with van der Waals surface area (Å²) < 4.78 is 19.2. The molecule has 35 heavy (non-hydrogen) atoms. The molecule has 1 heterocycles. The molecule has 184 valence electrons. The van der Waals surface area contributed by atoms with Crippen LogP contribution in [0.2, 0.25) is 10.0 Å². The summed E-state index contributed by atoms with van der Waals surface area (Å²) in [6.45, 7) is 3.51. The van der Waals surface area contributed by atoms with E-state index in [2.05, 4.69) is 10.1 Å². The number of para-hydroxylation sites is 1. The Balaban J connectivity index is 1.39. The quantitative estimate of drug-likeness (QED) is 0.365. The molecule has 0 aliphatic carbocycles. The standard InChI is InChI=1S/C27H27Cl2FN2O3/c1-18-4-2-3-5-27(18)34-17-22(33)15-32(14-19-6-9-21(30)10-7-19)16-23-13-26(31-35-23)20-8-11-24(28)25(29)12-20/h2-12,22-23,33H,13-17H2,1H3/t22-,23+/m0/s1. The highest BCUT2D eigenvalue weighted by Crippen LogP contribution is 2.26. The Morgan fingerprint density at radius 1 is 1.11 bits per heavy atom. The van der Waals surface area contributed by atoms with Crippen LogP contribution in [0.1, 0.15) is 23.1 Å². The van der Waals surface area contributed by atoms with Crippen LogP contribution < -0.4 is 4.74 Å².